The molecule has 1 aromatic carbocycles. The van der Waals surface area contributed by atoms with E-state index in [-0.39, 0.29) is 18.0 Å². The highest BCUT2D eigenvalue weighted by molar-refractivity contribution is 5.85. The van der Waals surface area contributed by atoms with E-state index < -0.39 is 5.97 Å². The molecule has 0 spiro atoms. The fourth-order valence-electron chi connectivity index (χ4n) is 1.14. The van der Waals surface area contributed by atoms with Crippen molar-refractivity contribution >= 4 is 11.9 Å². The molecule has 0 fully saturated rings. The van der Waals surface area contributed by atoms with Gasteiger partial charge in [-0.3, -0.25) is 4.79 Å². The summed E-state index contributed by atoms with van der Waals surface area (Å²) in [5.41, 5.74) is 0.820. The number of hydrogen-bond donors (Lipinski definition) is 0. The van der Waals surface area contributed by atoms with E-state index in [0.717, 1.165) is 5.56 Å². The number of carboxylic acid groups (broad SMARTS) is 1. The first kappa shape index (κ1) is 11.2. The molecular formula is C11H11O4-. The molecule has 0 N–H and O–H groups in total. The minimum absolute atomic E-state index is 0.0996. The Morgan fingerprint density at radius 2 is 1.87 bits per heavy atom. The molecule has 0 amide bonds. The largest absolute Gasteiger partial charge is 0.545 e. The number of hydrogen-bond acceptors (Lipinski definition) is 4. The molecule has 0 aromatic heterocycles. The van der Waals surface area contributed by atoms with Gasteiger partial charge in [0.1, 0.15) is 0 Å². The lowest BCUT2D eigenvalue weighted by atomic mass is 10.1. The summed E-state index contributed by atoms with van der Waals surface area (Å²) in [4.78, 5) is 21.5. The van der Waals surface area contributed by atoms with Crippen LogP contribution in [-0.4, -0.2) is 18.5 Å². The number of carboxylic acids is 1. The quantitative estimate of drug-likeness (QED) is 0.659. The van der Waals surface area contributed by atoms with E-state index in [4.69, 9.17) is 4.74 Å². The van der Waals surface area contributed by atoms with Crippen molar-refractivity contribution in [2.75, 3.05) is 6.61 Å². The van der Waals surface area contributed by atoms with Crippen LogP contribution in [0.1, 0.15) is 22.8 Å². The smallest absolute Gasteiger partial charge is 0.310 e. The lowest BCUT2D eigenvalue weighted by Crippen LogP contribution is -2.22. The van der Waals surface area contributed by atoms with E-state index in [2.05, 4.69) is 0 Å². The molecule has 0 bridgehead atoms. The number of aromatic carboxylic acids is 1. The zero-order chi connectivity index (χ0) is 11.3. The summed E-state index contributed by atoms with van der Waals surface area (Å²) in [5, 5.41) is 10.4. The van der Waals surface area contributed by atoms with Crippen LogP contribution < -0.4 is 5.11 Å². The number of carbonyl (C=O) groups is 2. The minimum atomic E-state index is -1.22. The average molecular weight is 207 g/mol. The van der Waals surface area contributed by atoms with Crippen molar-refractivity contribution < 1.29 is 19.4 Å². The number of ether oxygens (including phenoxy) is 1. The van der Waals surface area contributed by atoms with Crippen molar-refractivity contribution in [1.82, 2.24) is 0 Å². The lowest BCUT2D eigenvalue weighted by Gasteiger charge is -2.04. The Hall–Kier alpha value is -1.84. The molecule has 1 aromatic rings. The molecule has 0 unspecified atom stereocenters. The van der Waals surface area contributed by atoms with Gasteiger partial charge in [0.15, 0.2) is 0 Å². The fraction of sp³-hybridized carbons (Fsp3) is 0.273. The van der Waals surface area contributed by atoms with Gasteiger partial charge in [-0.15, -0.1) is 0 Å². The van der Waals surface area contributed by atoms with Crippen LogP contribution in [0.25, 0.3) is 0 Å². The van der Waals surface area contributed by atoms with Crippen molar-refractivity contribution in [1.29, 1.82) is 0 Å². The van der Waals surface area contributed by atoms with Crippen molar-refractivity contribution in [3.8, 4) is 0 Å². The number of esters is 1. The van der Waals surface area contributed by atoms with Gasteiger partial charge in [0.2, 0.25) is 0 Å². The molecule has 0 aliphatic heterocycles. The summed E-state index contributed by atoms with van der Waals surface area (Å²) in [6, 6.07) is 5.96. The van der Waals surface area contributed by atoms with Crippen LogP contribution in [0.15, 0.2) is 24.3 Å². The molecule has 0 aliphatic carbocycles. The standard InChI is InChI=1S/C11H12O4/c1-2-15-10(12)7-8-3-5-9(6-4-8)11(13)14/h3-6H,2,7H2,1H3,(H,13,14)/p-1. The van der Waals surface area contributed by atoms with Crippen molar-refractivity contribution in [2.45, 2.75) is 13.3 Å². The molecule has 4 heteroatoms. The molecule has 0 heterocycles. The molecule has 0 atom stereocenters. The zero-order valence-corrected chi connectivity index (χ0v) is 8.36. The van der Waals surface area contributed by atoms with E-state index in [1.165, 1.54) is 12.1 Å². The molecule has 80 valence electrons. The third-order valence-electron chi connectivity index (χ3n) is 1.84. The Balaban J connectivity index is 2.64. The second-order valence-electron chi connectivity index (χ2n) is 2.97. The van der Waals surface area contributed by atoms with Gasteiger partial charge in [-0.25, -0.2) is 0 Å². The van der Waals surface area contributed by atoms with E-state index in [0.29, 0.717) is 6.61 Å². The molecule has 0 aliphatic rings. The van der Waals surface area contributed by atoms with E-state index in [9.17, 15) is 14.7 Å². The van der Waals surface area contributed by atoms with Gasteiger partial charge < -0.3 is 14.6 Å². The Morgan fingerprint density at radius 3 is 2.33 bits per heavy atom. The highest BCUT2D eigenvalue weighted by Crippen LogP contribution is 2.05. The summed E-state index contributed by atoms with van der Waals surface area (Å²) in [6.07, 6.45) is 0.154. The third-order valence-corrected chi connectivity index (χ3v) is 1.84. The van der Waals surface area contributed by atoms with Gasteiger partial charge >= 0.3 is 5.97 Å². The molecule has 4 nitrogen and oxygen atoms in total. The summed E-state index contributed by atoms with van der Waals surface area (Å²) in [7, 11) is 0. The Kier molecular flexibility index (Phi) is 3.85. The Labute approximate surface area is 87.5 Å². The monoisotopic (exact) mass is 207 g/mol. The predicted octanol–water partition coefficient (Wildman–Crippen LogP) is 0.156. The molecular weight excluding hydrogens is 196 g/mol. The van der Waals surface area contributed by atoms with Crippen molar-refractivity contribution in [2.24, 2.45) is 0 Å². The lowest BCUT2D eigenvalue weighted by molar-refractivity contribution is -0.255. The molecule has 0 saturated heterocycles. The number of benzene rings is 1. The molecule has 1 rings (SSSR count). The summed E-state index contributed by atoms with van der Waals surface area (Å²) < 4.78 is 4.76. The van der Waals surface area contributed by atoms with E-state index in [1.807, 2.05) is 0 Å². The average Bonchev–Trinajstić information content (AvgIpc) is 2.18. The number of rotatable bonds is 4. The maximum Gasteiger partial charge on any atom is 0.310 e. The van der Waals surface area contributed by atoms with Crippen molar-refractivity contribution in [3.05, 3.63) is 35.4 Å². The first-order chi connectivity index (χ1) is 7.13. The maximum absolute atomic E-state index is 11.1. The molecule has 0 saturated carbocycles. The van der Waals surface area contributed by atoms with Crippen LogP contribution in [-0.2, 0) is 16.0 Å². The van der Waals surface area contributed by atoms with E-state index in [1.54, 1.807) is 19.1 Å². The van der Waals surface area contributed by atoms with Gasteiger partial charge in [-0.05, 0) is 18.1 Å². The predicted molar refractivity (Wildman–Crippen MR) is 51.1 cm³/mol. The van der Waals surface area contributed by atoms with Crippen LogP contribution in [0.4, 0.5) is 0 Å². The summed E-state index contributed by atoms with van der Waals surface area (Å²) in [5.74, 6) is -1.55. The molecule has 15 heavy (non-hydrogen) atoms. The van der Waals surface area contributed by atoms with Crippen LogP contribution in [0, 0.1) is 0 Å². The molecule has 0 radical (unpaired) electrons. The highest BCUT2D eigenvalue weighted by Gasteiger charge is 2.03. The first-order valence-corrected chi connectivity index (χ1v) is 4.59. The maximum atomic E-state index is 11.1. The Morgan fingerprint density at radius 1 is 1.27 bits per heavy atom. The van der Waals surface area contributed by atoms with Gasteiger partial charge in [0.05, 0.1) is 19.0 Å². The van der Waals surface area contributed by atoms with Crippen LogP contribution in [0.3, 0.4) is 0 Å². The first-order valence-electron chi connectivity index (χ1n) is 4.59. The van der Waals surface area contributed by atoms with Gasteiger partial charge in [-0.1, -0.05) is 24.3 Å². The zero-order valence-electron chi connectivity index (χ0n) is 8.36. The second-order valence-corrected chi connectivity index (χ2v) is 2.97. The van der Waals surface area contributed by atoms with Crippen LogP contribution in [0.5, 0.6) is 0 Å². The summed E-state index contributed by atoms with van der Waals surface area (Å²) in [6.45, 7) is 2.08. The van der Waals surface area contributed by atoms with Crippen molar-refractivity contribution in [3.63, 3.8) is 0 Å². The normalized spacial score (nSPS) is 9.67. The fourth-order valence-corrected chi connectivity index (χ4v) is 1.14. The second kappa shape index (κ2) is 5.14. The highest BCUT2D eigenvalue weighted by atomic mass is 16.5. The summed E-state index contributed by atoms with van der Waals surface area (Å²) >= 11 is 0. The van der Waals surface area contributed by atoms with Gasteiger partial charge in [-0.2, -0.15) is 0 Å². The van der Waals surface area contributed by atoms with Crippen LogP contribution >= 0.6 is 0 Å². The SMILES string of the molecule is CCOC(=O)Cc1ccc(C(=O)[O-])cc1. The van der Waals surface area contributed by atoms with Crippen LogP contribution in [0.2, 0.25) is 0 Å². The Bertz CT molecular complexity index is 353. The van der Waals surface area contributed by atoms with E-state index >= 15 is 0 Å². The topological polar surface area (TPSA) is 66.4 Å². The minimum Gasteiger partial charge on any atom is -0.545 e. The van der Waals surface area contributed by atoms with Gasteiger partial charge in [0.25, 0.3) is 0 Å². The number of carbonyl (C=O) groups excluding carboxylic acids is 2. The van der Waals surface area contributed by atoms with Gasteiger partial charge in [0, 0.05) is 0 Å². The third kappa shape index (κ3) is 3.42.